The summed E-state index contributed by atoms with van der Waals surface area (Å²) in [5.74, 6) is -2.30. The highest BCUT2D eigenvalue weighted by atomic mass is 16.4. The van der Waals surface area contributed by atoms with E-state index in [1.165, 1.54) is 5.94 Å². The second-order valence-corrected chi connectivity index (χ2v) is 1.99. The van der Waals surface area contributed by atoms with Crippen molar-refractivity contribution in [1.29, 1.82) is 0 Å². The molecule has 0 saturated carbocycles. The highest BCUT2D eigenvalue weighted by molar-refractivity contribution is 5.96. The minimum Gasteiger partial charge on any atom is -0.545 e. The number of nitrogens with two attached hydrogens (primary N) is 1. The largest absolute Gasteiger partial charge is 0.545 e. The minimum atomic E-state index is -1.82. The third-order valence-corrected chi connectivity index (χ3v) is 1.18. The third kappa shape index (κ3) is 3.22. The van der Waals surface area contributed by atoms with Crippen molar-refractivity contribution in [3.8, 4) is 0 Å². The van der Waals surface area contributed by atoms with Gasteiger partial charge in [-0.1, -0.05) is 0 Å². The Morgan fingerprint density at radius 1 is 1.31 bits per heavy atom. The van der Waals surface area contributed by atoms with Gasteiger partial charge in [0.2, 0.25) is 0 Å². The molecule has 0 aliphatic rings. The zero-order valence-electron chi connectivity index (χ0n) is 6.40. The van der Waals surface area contributed by atoms with Crippen molar-refractivity contribution in [2.75, 3.05) is 0 Å². The van der Waals surface area contributed by atoms with Crippen LogP contribution in [0.5, 0.6) is 0 Å². The van der Waals surface area contributed by atoms with Gasteiger partial charge in [-0.05, 0) is 0 Å². The Bertz CT molecular complexity index is 311. The summed E-state index contributed by atoms with van der Waals surface area (Å²) in [5, 5.41) is 20.4. The first-order valence-electron chi connectivity index (χ1n) is 3.11. The van der Waals surface area contributed by atoms with Crippen LogP contribution in [0.2, 0.25) is 0 Å². The first-order chi connectivity index (χ1) is 6.00. The Morgan fingerprint density at radius 3 is 2.15 bits per heavy atom. The Hall–Kier alpha value is -2.07. The number of aliphatic carboxylic acids is 2. The quantitative estimate of drug-likeness (QED) is 0.356. The van der Waals surface area contributed by atoms with E-state index in [2.05, 4.69) is 0 Å². The Balaban J connectivity index is 4.99. The molecule has 6 nitrogen and oxygen atoms in total. The van der Waals surface area contributed by atoms with Gasteiger partial charge in [0.05, 0.1) is 17.6 Å². The molecule has 0 heterocycles. The van der Waals surface area contributed by atoms with Crippen molar-refractivity contribution < 1.29 is 24.6 Å². The highest BCUT2D eigenvalue weighted by Gasteiger charge is 2.04. The molecule has 2 N–H and O–H groups in total. The maximum Gasteiger partial charge on any atom is 0.120 e. The summed E-state index contributed by atoms with van der Waals surface area (Å²) in [4.78, 5) is 30.1. The zero-order chi connectivity index (χ0) is 10.4. The van der Waals surface area contributed by atoms with Gasteiger partial charge in [0.15, 0.2) is 0 Å². The van der Waals surface area contributed by atoms with Gasteiger partial charge < -0.3 is 25.5 Å². The van der Waals surface area contributed by atoms with Crippen molar-refractivity contribution in [2.45, 2.75) is 6.42 Å². The lowest BCUT2D eigenvalue weighted by Crippen LogP contribution is -2.35. The standard InChI is InChI=1S/C7H7NO5/c8-5(7(12)13)4(6(10)11)2-1-3-9/h1H,2,8H2,(H,10,11)(H,12,13)/p-2/b5-4-. The van der Waals surface area contributed by atoms with Crippen LogP contribution in [0, 0.1) is 0 Å². The number of rotatable bonds is 4. The van der Waals surface area contributed by atoms with Crippen LogP contribution in [0.1, 0.15) is 6.42 Å². The maximum atomic E-state index is 10.3. The van der Waals surface area contributed by atoms with E-state index in [1.54, 1.807) is 0 Å². The molecule has 0 atom stereocenters. The van der Waals surface area contributed by atoms with Crippen LogP contribution in [-0.4, -0.2) is 17.9 Å². The molecule has 0 aromatic rings. The van der Waals surface area contributed by atoms with Crippen molar-refractivity contribution in [1.82, 2.24) is 0 Å². The molecule has 0 aliphatic carbocycles. The molecule has 70 valence electrons. The molecule has 0 aromatic heterocycles. The van der Waals surface area contributed by atoms with E-state index < -0.39 is 29.6 Å². The highest BCUT2D eigenvalue weighted by Crippen LogP contribution is 2.03. The molecule has 0 unspecified atom stereocenters. The van der Waals surface area contributed by atoms with E-state index in [-0.39, 0.29) is 0 Å². The van der Waals surface area contributed by atoms with Crippen LogP contribution in [0.4, 0.5) is 0 Å². The van der Waals surface area contributed by atoms with Crippen LogP contribution in [0.25, 0.3) is 0 Å². The number of hydrogen-bond donors (Lipinski definition) is 1. The molecule has 0 radical (unpaired) electrons. The van der Waals surface area contributed by atoms with E-state index >= 15 is 0 Å². The molecule has 0 spiro atoms. The molecule has 0 aliphatic heterocycles. The van der Waals surface area contributed by atoms with Crippen LogP contribution in [0.3, 0.4) is 0 Å². The van der Waals surface area contributed by atoms with Gasteiger partial charge in [0.1, 0.15) is 5.94 Å². The summed E-state index contributed by atoms with van der Waals surface area (Å²) in [5.41, 5.74) is 3.19. The lowest BCUT2D eigenvalue weighted by Gasteiger charge is -2.10. The molecule has 0 saturated heterocycles. The maximum absolute atomic E-state index is 10.3. The Labute approximate surface area is 73.0 Å². The molecule has 13 heavy (non-hydrogen) atoms. The molecule has 0 bridgehead atoms. The predicted octanol–water partition coefficient (Wildman–Crippen LogP) is -3.52. The van der Waals surface area contributed by atoms with Crippen molar-refractivity contribution in [3.63, 3.8) is 0 Å². The number of carboxylic acid groups (broad SMARTS) is 2. The summed E-state index contributed by atoms with van der Waals surface area (Å²) in [7, 11) is 0. The fourth-order valence-electron chi connectivity index (χ4n) is 0.570. The van der Waals surface area contributed by atoms with E-state index in [0.717, 1.165) is 6.08 Å². The lowest BCUT2D eigenvalue weighted by atomic mass is 10.1. The van der Waals surface area contributed by atoms with E-state index in [1.807, 2.05) is 0 Å². The first kappa shape index (κ1) is 10.9. The molecular formula is C7H5NO5-2. The summed E-state index contributed by atoms with van der Waals surface area (Å²) >= 11 is 0. The van der Waals surface area contributed by atoms with Gasteiger partial charge in [-0.15, -0.1) is 0 Å². The molecule has 0 rings (SSSR count). The van der Waals surface area contributed by atoms with E-state index in [4.69, 9.17) is 5.73 Å². The third-order valence-electron chi connectivity index (χ3n) is 1.18. The molecular weight excluding hydrogens is 178 g/mol. The first-order valence-corrected chi connectivity index (χ1v) is 3.11. The fraction of sp³-hybridized carbons (Fsp3) is 0.143. The SMILES string of the molecule is N/C(C(=O)[O-])=C(/CC=C=O)C(=O)[O-]. The van der Waals surface area contributed by atoms with Crippen LogP contribution in [0.15, 0.2) is 17.3 Å². The molecule has 0 amide bonds. The van der Waals surface area contributed by atoms with Crippen LogP contribution in [-0.2, 0) is 14.4 Å². The average Bonchev–Trinajstić information content (AvgIpc) is 2.04. The number of carbonyl (C=O) groups excluding carboxylic acids is 3. The Kier molecular flexibility index (Phi) is 3.98. The van der Waals surface area contributed by atoms with E-state index in [0.29, 0.717) is 0 Å². The second-order valence-electron chi connectivity index (χ2n) is 1.99. The second kappa shape index (κ2) is 4.74. The van der Waals surface area contributed by atoms with Gasteiger partial charge in [-0.3, -0.25) is 0 Å². The van der Waals surface area contributed by atoms with Gasteiger partial charge in [-0.2, -0.15) is 0 Å². The van der Waals surface area contributed by atoms with Crippen LogP contribution >= 0.6 is 0 Å². The summed E-state index contributed by atoms with van der Waals surface area (Å²) in [6.07, 6.45) is 0.326. The topological polar surface area (TPSA) is 123 Å². The van der Waals surface area contributed by atoms with Gasteiger partial charge in [-0.25, -0.2) is 4.79 Å². The summed E-state index contributed by atoms with van der Waals surface area (Å²) in [6, 6.07) is 0. The van der Waals surface area contributed by atoms with Gasteiger partial charge in [0, 0.05) is 18.1 Å². The molecule has 6 heteroatoms. The average molecular weight is 183 g/mol. The normalized spacial score (nSPS) is 11.1. The number of allylic oxidation sites excluding steroid dienone is 1. The number of carbonyl (C=O) groups is 2. The lowest BCUT2D eigenvalue weighted by molar-refractivity contribution is -0.304. The summed E-state index contributed by atoms with van der Waals surface area (Å²) < 4.78 is 0. The minimum absolute atomic E-state index is 0.453. The smallest absolute Gasteiger partial charge is 0.120 e. The van der Waals surface area contributed by atoms with Crippen LogP contribution < -0.4 is 15.9 Å². The van der Waals surface area contributed by atoms with E-state index in [9.17, 15) is 24.6 Å². The van der Waals surface area contributed by atoms with Crippen molar-refractivity contribution in [2.24, 2.45) is 5.73 Å². The number of hydrogen-bond acceptors (Lipinski definition) is 6. The zero-order valence-corrected chi connectivity index (χ0v) is 6.40. The fourth-order valence-corrected chi connectivity index (χ4v) is 0.570. The number of carboxylic acids is 2. The van der Waals surface area contributed by atoms with Crippen molar-refractivity contribution >= 4 is 17.9 Å². The summed E-state index contributed by atoms with van der Waals surface area (Å²) in [6.45, 7) is 0. The Morgan fingerprint density at radius 2 is 1.85 bits per heavy atom. The van der Waals surface area contributed by atoms with Crippen molar-refractivity contribution in [3.05, 3.63) is 17.3 Å². The molecule has 0 aromatic carbocycles. The van der Waals surface area contributed by atoms with Gasteiger partial charge in [0.25, 0.3) is 0 Å². The monoisotopic (exact) mass is 183 g/mol. The van der Waals surface area contributed by atoms with Gasteiger partial charge >= 0.3 is 0 Å². The predicted molar refractivity (Wildman–Crippen MR) is 36.1 cm³/mol. The molecule has 0 fully saturated rings.